The number of nitrogens with zero attached hydrogens (tertiary/aromatic N) is 3. The molecule has 2 aromatic heterocycles. The molecule has 39 heavy (non-hydrogen) atoms. The maximum atomic E-state index is 13.1. The van der Waals surface area contributed by atoms with Gasteiger partial charge in [-0.2, -0.15) is 5.10 Å². The zero-order chi connectivity index (χ0) is 27.5. The normalized spacial score (nSPS) is 15.0. The molecular formula is C29H32N4O6. The molecule has 0 spiro atoms. The number of aryl methyl sites for hydroxylation is 1. The van der Waals surface area contributed by atoms with E-state index < -0.39 is 18.2 Å². The third-order valence-electron chi connectivity index (χ3n) is 7.27. The lowest BCUT2D eigenvalue weighted by atomic mass is 9.89. The Kier molecular flexibility index (Phi) is 7.65. The van der Waals surface area contributed by atoms with Crippen molar-refractivity contribution < 1.29 is 23.8 Å². The summed E-state index contributed by atoms with van der Waals surface area (Å²) in [7, 11) is 2.88. The second-order valence-corrected chi connectivity index (χ2v) is 9.94. The number of nitrogens with one attached hydrogen (secondary N) is 1. The number of aromatic nitrogens is 3. The van der Waals surface area contributed by atoms with Crippen molar-refractivity contribution in [2.45, 2.75) is 44.9 Å². The van der Waals surface area contributed by atoms with Gasteiger partial charge in [-0.25, -0.2) is 14.3 Å². The van der Waals surface area contributed by atoms with Crippen molar-refractivity contribution in [3.63, 3.8) is 0 Å². The topological polar surface area (TPSA) is 116 Å². The van der Waals surface area contributed by atoms with Gasteiger partial charge in [0.2, 0.25) is 6.10 Å². The van der Waals surface area contributed by atoms with E-state index in [1.807, 2.05) is 55.6 Å². The number of fused-ring (bicyclic) bond motifs is 2. The van der Waals surface area contributed by atoms with Gasteiger partial charge in [-0.05, 0) is 60.4 Å². The molecule has 1 fully saturated rings. The number of aromatic amines is 1. The standard InChI is InChI=1S/C29H32N4O6/c1-18-12-19(13-22-16-33(17-37-2)31-26(18)22)14-25(28(35)38-3)39-29(36)32-10-8-20(9-11-32)23-15-21-6-4-5-7-24(21)30-27(23)34/h4-7,12-13,15-16,20,25H,8-11,14,17H2,1-3H3,(H,30,34)/t25-/m1/s1. The molecule has 1 atom stereocenters. The van der Waals surface area contributed by atoms with Crippen LogP contribution >= 0.6 is 0 Å². The molecular weight excluding hydrogens is 500 g/mol. The SMILES string of the molecule is COCn1cc2cc(C[C@@H](OC(=O)N3CCC(c4cc5ccccc5[nH]c4=O)CC3)C(=O)OC)cc(C)c2n1. The van der Waals surface area contributed by atoms with Crippen LogP contribution in [-0.2, 0) is 32.2 Å². The third-order valence-corrected chi connectivity index (χ3v) is 7.27. The number of hydrogen-bond acceptors (Lipinski definition) is 7. The molecule has 1 amide bonds. The number of carbonyl (C=O) groups excluding carboxylic acids is 2. The minimum Gasteiger partial charge on any atom is -0.466 e. The molecule has 0 bridgehead atoms. The van der Waals surface area contributed by atoms with Crippen LogP contribution in [0.1, 0.15) is 35.4 Å². The molecule has 204 valence electrons. The Morgan fingerprint density at radius 2 is 1.87 bits per heavy atom. The van der Waals surface area contributed by atoms with Gasteiger partial charge in [-0.3, -0.25) is 4.79 Å². The lowest BCUT2D eigenvalue weighted by Gasteiger charge is -2.32. The Labute approximate surface area is 225 Å². The van der Waals surface area contributed by atoms with Gasteiger partial charge in [0.1, 0.15) is 6.73 Å². The van der Waals surface area contributed by atoms with E-state index in [2.05, 4.69) is 10.1 Å². The van der Waals surface area contributed by atoms with E-state index in [1.54, 1.807) is 16.7 Å². The molecule has 3 heterocycles. The van der Waals surface area contributed by atoms with E-state index in [9.17, 15) is 14.4 Å². The van der Waals surface area contributed by atoms with Gasteiger partial charge in [0.15, 0.2) is 0 Å². The number of esters is 1. The van der Waals surface area contributed by atoms with E-state index >= 15 is 0 Å². The van der Waals surface area contributed by atoms with Gasteiger partial charge >= 0.3 is 12.1 Å². The smallest absolute Gasteiger partial charge is 0.410 e. The second kappa shape index (κ2) is 11.3. The van der Waals surface area contributed by atoms with Gasteiger partial charge < -0.3 is 24.1 Å². The summed E-state index contributed by atoms with van der Waals surface area (Å²) < 4.78 is 17.5. The highest BCUT2D eigenvalue weighted by Crippen LogP contribution is 2.28. The van der Waals surface area contributed by atoms with Crippen molar-refractivity contribution in [1.82, 2.24) is 19.7 Å². The number of para-hydroxylation sites is 1. The molecule has 0 aliphatic carbocycles. The first-order chi connectivity index (χ1) is 18.9. The van der Waals surface area contributed by atoms with Crippen LogP contribution in [-0.4, -0.2) is 65.1 Å². The fourth-order valence-corrected chi connectivity index (χ4v) is 5.31. The van der Waals surface area contributed by atoms with E-state index in [0.29, 0.717) is 32.7 Å². The highest BCUT2D eigenvalue weighted by molar-refractivity contribution is 5.83. The fraction of sp³-hybridized carbons (Fsp3) is 0.379. The lowest BCUT2D eigenvalue weighted by Crippen LogP contribution is -2.42. The first-order valence-electron chi connectivity index (χ1n) is 13.0. The van der Waals surface area contributed by atoms with Crippen LogP contribution < -0.4 is 5.56 Å². The lowest BCUT2D eigenvalue weighted by molar-refractivity contribution is -0.151. The van der Waals surface area contributed by atoms with E-state index in [0.717, 1.165) is 38.5 Å². The number of methoxy groups -OCH3 is 2. The zero-order valence-electron chi connectivity index (χ0n) is 22.3. The highest BCUT2D eigenvalue weighted by Gasteiger charge is 2.31. The molecule has 5 rings (SSSR count). The summed E-state index contributed by atoms with van der Waals surface area (Å²) in [6.45, 7) is 3.12. The number of rotatable bonds is 7. The Bertz CT molecular complexity index is 1570. The quantitative estimate of drug-likeness (QED) is 0.359. The van der Waals surface area contributed by atoms with E-state index in [4.69, 9.17) is 14.2 Å². The van der Waals surface area contributed by atoms with Crippen LogP contribution in [0.3, 0.4) is 0 Å². The summed E-state index contributed by atoms with van der Waals surface area (Å²) in [5.74, 6) is -0.582. The van der Waals surface area contributed by atoms with Gasteiger partial charge in [-0.15, -0.1) is 0 Å². The van der Waals surface area contributed by atoms with Crippen LogP contribution in [0.4, 0.5) is 4.79 Å². The van der Waals surface area contributed by atoms with Gasteiger partial charge in [0.05, 0.1) is 12.6 Å². The molecule has 1 saturated heterocycles. The number of carbonyl (C=O) groups is 2. The molecule has 1 aliphatic rings. The van der Waals surface area contributed by atoms with Crippen molar-refractivity contribution in [1.29, 1.82) is 0 Å². The summed E-state index contributed by atoms with van der Waals surface area (Å²) in [4.78, 5) is 42.9. The zero-order valence-corrected chi connectivity index (χ0v) is 22.3. The van der Waals surface area contributed by atoms with Gasteiger partial charge in [0.25, 0.3) is 5.56 Å². The van der Waals surface area contributed by atoms with Crippen LogP contribution in [0.15, 0.2) is 53.5 Å². The Hall–Kier alpha value is -4.18. The summed E-state index contributed by atoms with van der Waals surface area (Å²) >= 11 is 0. The minimum absolute atomic E-state index is 0.0348. The second-order valence-electron chi connectivity index (χ2n) is 9.94. The van der Waals surface area contributed by atoms with Crippen molar-refractivity contribution in [2.24, 2.45) is 0 Å². The molecule has 0 radical (unpaired) electrons. The largest absolute Gasteiger partial charge is 0.466 e. The van der Waals surface area contributed by atoms with Crippen LogP contribution in [0.5, 0.6) is 0 Å². The first kappa shape index (κ1) is 26.4. The highest BCUT2D eigenvalue weighted by atomic mass is 16.6. The van der Waals surface area contributed by atoms with Crippen LogP contribution in [0, 0.1) is 6.92 Å². The summed E-state index contributed by atoms with van der Waals surface area (Å²) in [6.07, 6.45) is 1.64. The Balaban J connectivity index is 1.25. The number of benzene rings is 2. The maximum absolute atomic E-state index is 13.1. The van der Waals surface area contributed by atoms with Gasteiger partial charge in [-0.1, -0.05) is 24.3 Å². The molecule has 1 aliphatic heterocycles. The van der Waals surface area contributed by atoms with Crippen molar-refractivity contribution in [3.8, 4) is 0 Å². The molecule has 0 unspecified atom stereocenters. The van der Waals surface area contributed by atoms with Crippen molar-refractivity contribution >= 4 is 33.9 Å². The van der Waals surface area contributed by atoms with E-state index in [-0.39, 0.29) is 17.9 Å². The number of likely N-dealkylation sites (tertiary alicyclic amines) is 1. The van der Waals surface area contributed by atoms with Crippen LogP contribution in [0.25, 0.3) is 21.8 Å². The van der Waals surface area contributed by atoms with Crippen molar-refractivity contribution in [2.75, 3.05) is 27.3 Å². The number of amides is 1. The molecule has 2 aromatic carbocycles. The predicted molar refractivity (Wildman–Crippen MR) is 146 cm³/mol. The molecule has 1 N–H and O–H groups in total. The number of piperidine rings is 1. The van der Waals surface area contributed by atoms with Gasteiger partial charge in [0, 0.05) is 49.3 Å². The Morgan fingerprint density at radius 1 is 1.10 bits per heavy atom. The fourth-order valence-electron chi connectivity index (χ4n) is 5.31. The van der Waals surface area contributed by atoms with Crippen molar-refractivity contribution in [3.05, 3.63) is 75.7 Å². The average molecular weight is 533 g/mol. The monoisotopic (exact) mass is 532 g/mol. The molecule has 4 aromatic rings. The third kappa shape index (κ3) is 5.65. The molecule has 10 heteroatoms. The Morgan fingerprint density at radius 3 is 2.62 bits per heavy atom. The number of ether oxygens (including phenoxy) is 3. The van der Waals surface area contributed by atoms with E-state index in [1.165, 1.54) is 7.11 Å². The first-order valence-corrected chi connectivity index (χ1v) is 13.0. The summed E-state index contributed by atoms with van der Waals surface area (Å²) in [6, 6.07) is 13.5. The number of H-pyrrole nitrogens is 1. The molecule has 10 nitrogen and oxygen atoms in total. The number of pyridine rings is 1. The molecule has 0 saturated carbocycles. The van der Waals surface area contributed by atoms with Crippen LogP contribution in [0.2, 0.25) is 0 Å². The summed E-state index contributed by atoms with van der Waals surface area (Å²) in [5, 5.41) is 6.40. The predicted octanol–water partition coefficient (Wildman–Crippen LogP) is 3.89. The number of hydrogen-bond donors (Lipinski definition) is 1. The summed E-state index contributed by atoms with van der Waals surface area (Å²) in [5.41, 5.74) is 4.05. The maximum Gasteiger partial charge on any atom is 0.410 e. The average Bonchev–Trinajstić information content (AvgIpc) is 3.35. The minimum atomic E-state index is -1.09.